The zero-order valence-corrected chi connectivity index (χ0v) is 16.1. The number of amides is 1. The van der Waals surface area contributed by atoms with Crippen molar-refractivity contribution in [2.45, 2.75) is 6.04 Å². The highest BCUT2D eigenvalue weighted by molar-refractivity contribution is 9.10. The Morgan fingerprint density at radius 1 is 1.32 bits per heavy atom. The van der Waals surface area contributed by atoms with E-state index in [1.54, 1.807) is 7.11 Å². The molecule has 1 saturated heterocycles. The summed E-state index contributed by atoms with van der Waals surface area (Å²) in [5.41, 5.74) is 1.41. The van der Waals surface area contributed by atoms with E-state index in [2.05, 4.69) is 21.2 Å². The number of para-hydroxylation sites is 1. The number of ether oxygens (including phenoxy) is 1. The molecule has 25 heavy (non-hydrogen) atoms. The van der Waals surface area contributed by atoms with Gasteiger partial charge in [-0.1, -0.05) is 18.2 Å². The van der Waals surface area contributed by atoms with Crippen molar-refractivity contribution < 1.29 is 13.9 Å². The van der Waals surface area contributed by atoms with Crippen LogP contribution in [0, 0.1) is 5.82 Å². The Balaban J connectivity index is 0.00000225. The molecule has 1 fully saturated rings. The average molecular weight is 430 g/mol. The molecule has 0 radical (unpaired) electrons. The molecule has 3 rings (SSSR count). The highest BCUT2D eigenvalue weighted by Crippen LogP contribution is 2.32. The second-order valence-electron chi connectivity index (χ2n) is 5.58. The molecule has 2 aromatic rings. The second-order valence-corrected chi connectivity index (χ2v) is 6.44. The van der Waals surface area contributed by atoms with Crippen molar-refractivity contribution in [3.05, 3.63) is 63.9 Å². The van der Waals surface area contributed by atoms with Gasteiger partial charge in [-0.2, -0.15) is 0 Å². The largest absolute Gasteiger partial charge is 0.496 e. The van der Waals surface area contributed by atoms with E-state index in [0.717, 1.165) is 17.9 Å². The van der Waals surface area contributed by atoms with Gasteiger partial charge in [-0.15, -0.1) is 12.4 Å². The van der Waals surface area contributed by atoms with Crippen LogP contribution in [0.25, 0.3) is 0 Å². The molecule has 0 aromatic heterocycles. The topological polar surface area (TPSA) is 41.6 Å². The number of halogens is 3. The predicted octanol–water partition coefficient (Wildman–Crippen LogP) is 3.81. The van der Waals surface area contributed by atoms with Gasteiger partial charge in [0.1, 0.15) is 11.6 Å². The Morgan fingerprint density at radius 2 is 2.08 bits per heavy atom. The maximum absolute atomic E-state index is 13.3. The van der Waals surface area contributed by atoms with Gasteiger partial charge in [-0.05, 0) is 40.2 Å². The van der Waals surface area contributed by atoms with E-state index in [-0.39, 0.29) is 30.2 Å². The number of hydrogen-bond acceptors (Lipinski definition) is 3. The van der Waals surface area contributed by atoms with Crippen molar-refractivity contribution in [2.75, 3.05) is 26.7 Å². The molecule has 134 valence electrons. The number of benzene rings is 2. The highest BCUT2D eigenvalue weighted by atomic mass is 79.9. The number of piperazine rings is 1. The van der Waals surface area contributed by atoms with Crippen molar-refractivity contribution >= 4 is 34.2 Å². The molecule has 1 N–H and O–H groups in total. The van der Waals surface area contributed by atoms with E-state index >= 15 is 0 Å². The molecule has 0 aliphatic carbocycles. The van der Waals surface area contributed by atoms with E-state index in [4.69, 9.17) is 4.74 Å². The maximum Gasteiger partial charge on any atom is 0.255 e. The van der Waals surface area contributed by atoms with Crippen LogP contribution in [-0.2, 0) is 0 Å². The van der Waals surface area contributed by atoms with Crippen molar-refractivity contribution in [3.8, 4) is 5.75 Å². The van der Waals surface area contributed by atoms with Crippen LogP contribution in [-0.4, -0.2) is 37.6 Å². The van der Waals surface area contributed by atoms with E-state index < -0.39 is 0 Å². The van der Waals surface area contributed by atoms with Gasteiger partial charge in [0.05, 0.1) is 18.7 Å². The van der Waals surface area contributed by atoms with Crippen LogP contribution >= 0.6 is 28.3 Å². The van der Waals surface area contributed by atoms with E-state index in [0.29, 0.717) is 23.1 Å². The lowest BCUT2D eigenvalue weighted by Gasteiger charge is -2.37. The number of hydrogen-bond donors (Lipinski definition) is 1. The number of nitrogens with zero attached hydrogens (tertiary/aromatic N) is 1. The third-order valence-corrected chi connectivity index (χ3v) is 4.82. The molecule has 7 heteroatoms. The first-order valence-corrected chi connectivity index (χ1v) is 8.50. The first-order valence-electron chi connectivity index (χ1n) is 7.71. The van der Waals surface area contributed by atoms with Crippen molar-refractivity contribution in [1.29, 1.82) is 0 Å². The van der Waals surface area contributed by atoms with Gasteiger partial charge in [0.2, 0.25) is 0 Å². The number of carbonyl (C=O) groups is 1. The number of nitrogens with one attached hydrogen (secondary N) is 1. The van der Waals surface area contributed by atoms with Gasteiger partial charge in [-0.3, -0.25) is 4.79 Å². The van der Waals surface area contributed by atoms with Crippen molar-refractivity contribution in [3.63, 3.8) is 0 Å². The summed E-state index contributed by atoms with van der Waals surface area (Å²) >= 11 is 3.29. The van der Waals surface area contributed by atoms with Crippen LogP contribution in [0.5, 0.6) is 5.75 Å². The van der Waals surface area contributed by atoms with Crippen LogP contribution in [0.4, 0.5) is 4.39 Å². The monoisotopic (exact) mass is 428 g/mol. The molecule has 0 spiro atoms. The molecular weight excluding hydrogens is 411 g/mol. The fraction of sp³-hybridized carbons (Fsp3) is 0.278. The Hall–Kier alpha value is -1.63. The third kappa shape index (κ3) is 4.14. The predicted molar refractivity (Wildman–Crippen MR) is 101 cm³/mol. The molecule has 1 aliphatic rings. The third-order valence-electron chi connectivity index (χ3n) is 4.16. The summed E-state index contributed by atoms with van der Waals surface area (Å²) in [6.45, 7) is 1.94. The Bertz CT molecular complexity index is 760. The smallest absolute Gasteiger partial charge is 0.255 e. The van der Waals surface area contributed by atoms with E-state index in [9.17, 15) is 9.18 Å². The van der Waals surface area contributed by atoms with Crippen LogP contribution in [0.2, 0.25) is 0 Å². The summed E-state index contributed by atoms with van der Waals surface area (Å²) < 4.78 is 19.2. The summed E-state index contributed by atoms with van der Waals surface area (Å²) in [6.07, 6.45) is 0. The minimum absolute atomic E-state index is 0. The van der Waals surface area contributed by atoms with E-state index in [1.807, 2.05) is 29.2 Å². The van der Waals surface area contributed by atoms with Crippen LogP contribution in [0.1, 0.15) is 22.0 Å². The second kappa shape index (κ2) is 8.65. The molecule has 1 amide bonds. The van der Waals surface area contributed by atoms with Gasteiger partial charge >= 0.3 is 0 Å². The standard InChI is InChI=1S/C18H18BrFN2O2.ClH/c1-24-17-5-3-2-4-14(17)16-11-21-8-9-22(16)18(23)13-7-6-12(20)10-15(13)19;/h2-7,10,16,21H,8-9,11H2,1H3;1H. The fourth-order valence-corrected chi connectivity index (χ4v) is 3.51. The zero-order chi connectivity index (χ0) is 17.1. The van der Waals surface area contributed by atoms with Gasteiger partial charge < -0.3 is 15.0 Å². The molecule has 1 unspecified atom stereocenters. The lowest BCUT2D eigenvalue weighted by Crippen LogP contribution is -2.48. The number of rotatable bonds is 3. The Morgan fingerprint density at radius 3 is 2.80 bits per heavy atom. The summed E-state index contributed by atoms with van der Waals surface area (Å²) in [4.78, 5) is 14.8. The van der Waals surface area contributed by atoms with Gasteiger partial charge in [0, 0.05) is 29.7 Å². The number of methoxy groups -OCH3 is 1. The minimum atomic E-state index is -0.375. The molecule has 0 bridgehead atoms. The molecule has 1 heterocycles. The maximum atomic E-state index is 13.3. The summed E-state index contributed by atoms with van der Waals surface area (Å²) in [7, 11) is 1.62. The Labute approximate surface area is 160 Å². The molecule has 1 aliphatic heterocycles. The number of carbonyl (C=O) groups excluding carboxylic acids is 1. The van der Waals surface area contributed by atoms with Gasteiger partial charge in [0.25, 0.3) is 5.91 Å². The van der Waals surface area contributed by atoms with Crippen LogP contribution < -0.4 is 10.1 Å². The Kier molecular flexibility index (Phi) is 6.81. The quantitative estimate of drug-likeness (QED) is 0.807. The minimum Gasteiger partial charge on any atom is -0.496 e. The van der Waals surface area contributed by atoms with Gasteiger partial charge in [-0.25, -0.2) is 4.39 Å². The molecule has 0 saturated carbocycles. The van der Waals surface area contributed by atoms with Crippen LogP contribution in [0.3, 0.4) is 0 Å². The molecule has 2 aromatic carbocycles. The van der Waals surface area contributed by atoms with E-state index in [1.165, 1.54) is 18.2 Å². The summed E-state index contributed by atoms with van der Waals surface area (Å²) in [5, 5.41) is 3.32. The van der Waals surface area contributed by atoms with Gasteiger partial charge in [0.15, 0.2) is 0 Å². The molecule has 1 atom stereocenters. The van der Waals surface area contributed by atoms with Crippen LogP contribution in [0.15, 0.2) is 46.9 Å². The lowest BCUT2D eigenvalue weighted by atomic mass is 10.0. The lowest BCUT2D eigenvalue weighted by molar-refractivity contribution is 0.0630. The highest BCUT2D eigenvalue weighted by Gasteiger charge is 2.31. The summed E-state index contributed by atoms with van der Waals surface area (Å²) in [6, 6.07) is 11.7. The zero-order valence-electron chi connectivity index (χ0n) is 13.7. The molecule has 4 nitrogen and oxygen atoms in total. The molecular formula is C18H19BrClFN2O2. The fourth-order valence-electron chi connectivity index (χ4n) is 2.98. The first kappa shape index (κ1) is 19.7. The average Bonchev–Trinajstić information content (AvgIpc) is 2.61. The SMILES string of the molecule is COc1ccccc1C1CNCCN1C(=O)c1ccc(F)cc1Br.Cl. The normalized spacial score (nSPS) is 16.9. The van der Waals surface area contributed by atoms with Crippen molar-refractivity contribution in [1.82, 2.24) is 10.2 Å². The first-order chi connectivity index (χ1) is 11.6. The van der Waals surface area contributed by atoms with Crippen molar-refractivity contribution in [2.24, 2.45) is 0 Å². The summed E-state index contributed by atoms with van der Waals surface area (Å²) in [5.74, 6) is 0.251.